The Balaban J connectivity index is 1.46. The van der Waals surface area contributed by atoms with Crippen molar-refractivity contribution < 1.29 is 4.74 Å². The third kappa shape index (κ3) is 2.99. The van der Waals surface area contributed by atoms with Crippen molar-refractivity contribution >= 4 is 0 Å². The Bertz CT molecular complexity index is 434. The number of hydrogen-bond donors (Lipinski definition) is 1. The highest BCUT2D eigenvalue weighted by Gasteiger charge is 2.37. The van der Waals surface area contributed by atoms with Crippen molar-refractivity contribution in [2.45, 2.75) is 44.3 Å². The van der Waals surface area contributed by atoms with Crippen LogP contribution in [0.4, 0.5) is 0 Å². The molecule has 3 nitrogen and oxygen atoms in total. The van der Waals surface area contributed by atoms with Crippen LogP contribution in [0.25, 0.3) is 0 Å². The third-order valence-corrected chi connectivity index (χ3v) is 5.09. The van der Waals surface area contributed by atoms with E-state index in [1.54, 1.807) is 7.11 Å². The molecule has 0 amide bonds. The van der Waals surface area contributed by atoms with Gasteiger partial charge in [-0.2, -0.15) is 0 Å². The zero-order valence-corrected chi connectivity index (χ0v) is 12.6. The Morgan fingerprint density at radius 2 is 2.00 bits per heavy atom. The summed E-state index contributed by atoms with van der Waals surface area (Å²) in [6.07, 6.45) is 5.57. The minimum Gasteiger partial charge on any atom is -0.497 e. The highest BCUT2D eigenvalue weighted by molar-refractivity contribution is 5.28. The summed E-state index contributed by atoms with van der Waals surface area (Å²) in [4.78, 5) is 2.61. The number of nitrogens with one attached hydrogen (secondary N) is 1. The van der Waals surface area contributed by atoms with Gasteiger partial charge in [-0.3, -0.25) is 0 Å². The largest absolute Gasteiger partial charge is 0.497 e. The van der Waals surface area contributed by atoms with Gasteiger partial charge in [-0.15, -0.1) is 0 Å². The van der Waals surface area contributed by atoms with Crippen molar-refractivity contribution in [3.63, 3.8) is 0 Å². The molecule has 2 aliphatic rings. The maximum absolute atomic E-state index is 5.27. The SMILES string of the molecule is COc1cccc(CNCC2CC3CCC(C2)N3C)c1. The first-order valence-corrected chi connectivity index (χ1v) is 7.82. The van der Waals surface area contributed by atoms with Crippen LogP contribution in [-0.2, 0) is 6.54 Å². The van der Waals surface area contributed by atoms with E-state index in [9.17, 15) is 0 Å². The average Bonchev–Trinajstić information content (AvgIpc) is 2.69. The lowest BCUT2D eigenvalue weighted by Gasteiger charge is -2.36. The van der Waals surface area contributed by atoms with E-state index in [4.69, 9.17) is 4.74 Å². The Kier molecular flexibility index (Phi) is 4.27. The Hall–Kier alpha value is -1.06. The molecule has 3 heteroatoms. The van der Waals surface area contributed by atoms with Crippen molar-refractivity contribution in [3.8, 4) is 5.75 Å². The van der Waals surface area contributed by atoms with E-state index in [0.29, 0.717) is 0 Å². The van der Waals surface area contributed by atoms with Crippen LogP contribution in [-0.4, -0.2) is 37.7 Å². The van der Waals surface area contributed by atoms with Crippen LogP contribution < -0.4 is 10.1 Å². The first-order valence-electron chi connectivity index (χ1n) is 7.82. The van der Waals surface area contributed by atoms with E-state index in [0.717, 1.165) is 36.8 Å². The summed E-state index contributed by atoms with van der Waals surface area (Å²) in [6.45, 7) is 2.09. The van der Waals surface area contributed by atoms with Gasteiger partial charge < -0.3 is 15.0 Å². The second-order valence-electron chi connectivity index (χ2n) is 6.37. The lowest BCUT2D eigenvalue weighted by molar-refractivity contribution is 0.133. The number of rotatable bonds is 5. The summed E-state index contributed by atoms with van der Waals surface area (Å²) in [5.74, 6) is 1.80. The first-order chi connectivity index (χ1) is 9.76. The van der Waals surface area contributed by atoms with Crippen LogP contribution in [0.1, 0.15) is 31.2 Å². The van der Waals surface area contributed by atoms with Gasteiger partial charge in [0.2, 0.25) is 0 Å². The fraction of sp³-hybridized carbons (Fsp3) is 0.647. The van der Waals surface area contributed by atoms with Gasteiger partial charge >= 0.3 is 0 Å². The fourth-order valence-electron chi connectivity index (χ4n) is 3.89. The number of hydrogen-bond acceptors (Lipinski definition) is 3. The number of fused-ring (bicyclic) bond motifs is 2. The molecule has 0 aromatic heterocycles. The van der Waals surface area contributed by atoms with Crippen molar-refractivity contribution in [1.82, 2.24) is 10.2 Å². The highest BCUT2D eigenvalue weighted by atomic mass is 16.5. The topological polar surface area (TPSA) is 24.5 Å². The van der Waals surface area contributed by atoms with Crippen molar-refractivity contribution in [2.24, 2.45) is 5.92 Å². The number of benzene rings is 1. The summed E-state index contributed by atoms with van der Waals surface area (Å²) in [5.41, 5.74) is 1.31. The van der Waals surface area contributed by atoms with Crippen LogP contribution in [0.2, 0.25) is 0 Å². The van der Waals surface area contributed by atoms with Crippen LogP contribution >= 0.6 is 0 Å². The Morgan fingerprint density at radius 3 is 2.70 bits per heavy atom. The molecule has 2 atom stereocenters. The third-order valence-electron chi connectivity index (χ3n) is 5.09. The molecular formula is C17H26N2O. The van der Waals surface area contributed by atoms with E-state index in [1.807, 2.05) is 6.07 Å². The zero-order valence-electron chi connectivity index (χ0n) is 12.6. The summed E-state index contributed by atoms with van der Waals surface area (Å²) >= 11 is 0. The molecule has 2 aliphatic heterocycles. The minimum atomic E-state index is 0.845. The van der Waals surface area contributed by atoms with Gasteiger partial charge in [0.25, 0.3) is 0 Å². The molecule has 0 radical (unpaired) electrons. The van der Waals surface area contributed by atoms with Gasteiger partial charge in [-0.25, -0.2) is 0 Å². The molecule has 3 rings (SSSR count). The maximum Gasteiger partial charge on any atom is 0.119 e. The number of nitrogens with zero attached hydrogens (tertiary/aromatic N) is 1. The molecule has 2 heterocycles. The minimum absolute atomic E-state index is 0.845. The lowest BCUT2D eigenvalue weighted by atomic mass is 9.91. The molecule has 2 saturated heterocycles. The summed E-state index contributed by atoms with van der Waals surface area (Å²) < 4.78 is 5.27. The molecule has 1 aromatic rings. The monoisotopic (exact) mass is 274 g/mol. The normalized spacial score (nSPS) is 29.6. The fourth-order valence-corrected chi connectivity index (χ4v) is 3.89. The maximum atomic E-state index is 5.27. The van der Waals surface area contributed by atoms with E-state index in [2.05, 4.69) is 35.5 Å². The predicted molar refractivity (Wildman–Crippen MR) is 82.0 cm³/mol. The Morgan fingerprint density at radius 1 is 1.25 bits per heavy atom. The van der Waals surface area contributed by atoms with Crippen LogP contribution in [0, 0.1) is 5.92 Å². The van der Waals surface area contributed by atoms with Crippen molar-refractivity contribution in [3.05, 3.63) is 29.8 Å². The second-order valence-corrected chi connectivity index (χ2v) is 6.37. The molecule has 2 unspecified atom stereocenters. The summed E-state index contributed by atoms with van der Waals surface area (Å²) in [7, 11) is 4.03. The van der Waals surface area contributed by atoms with Gasteiger partial charge in [0, 0.05) is 18.6 Å². The number of methoxy groups -OCH3 is 1. The van der Waals surface area contributed by atoms with E-state index in [-0.39, 0.29) is 0 Å². The standard InChI is InChI=1S/C17H26N2O/c1-19-15-6-7-16(19)9-14(8-15)12-18-11-13-4-3-5-17(10-13)20-2/h3-5,10,14-16,18H,6-9,11-12H2,1-2H3. The number of piperidine rings is 1. The molecule has 1 N–H and O–H groups in total. The molecule has 0 spiro atoms. The molecule has 0 aliphatic carbocycles. The molecule has 2 bridgehead atoms. The molecule has 0 saturated carbocycles. The molecule has 2 fully saturated rings. The summed E-state index contributed by atoms with van der Waals surface area (Å²) in [6, 6.07) is 10.0. The van der Waals surface area contributed by atoms with Crippen LogP contribution in [0.3, 0.4) is 0 Å². The average molecular weight is 274 g/mol. The first kappa shape index (κ1) is 13.9. The second kappa shape index (κ2) is 6.15. The van der Waals surface area contributed by atoms with Crippen LogP contribution in [0.5, 0.6) is 5.75 Å². The van der Waals surface area contributed by atoms with Gasteiger partial charge in [-0.1, -0.05) is 12.1 Å². The quantitative estimate of drug-likeness (QED) is 0.893. The van der Waals surface area contributed by atoms with Gasteiger partial charge in [0.15, 0.2) is 0 Å². The molecule has 110 valence electrons. The van der Waals surface area contributed by atoms with Gasteiger partial charge in [-0.05, 0) is 62.9 Å². The molecular weight excluding hydrogens is 248 g/mol. The van der Waals surface area contributed by atoms with E-state index < -0.39 is 0 Å². The van der Waals surface area contributed by atoms with Crippen molar-refractivity contribution in [1.29, 1.82) is 0 Å². The zero-order chi connectivity index (χ0) is 13.9. The van der Waals surface area contributed by atoms with Gasteiger partial charge in [0.1, 0.15) is 5.75 Å². The smallest absolute Gasteiger partial charge is 0.119 e. The van der Waals surface area contributed by atoms with Crippen LogP contribution in [0.15, 0.2) is 24.3 Å². The number of ether oxygens (including phenoxy) is 1. The van der Waals surface area contributed by atoms with E-state index in [1.165, 1.54) is 31.2 Å². The van der Waals surface area contributed by atoms with Gasteiger partial charge in [0.05, 0.1) is 7.11 Å². The van der Waals surface area contributed by atoms with Crippen molar-refractivity contribution in [2.75, 3.05) is 20.7 Å². The highest BCUT2D eigenvalue weighted by Crippen LogP contribution is 2.37. The van der Waals surface area contributed by atoms with E-state index >= 15 is 0 Å². The predicted octanol–water partition coefficient (Wildman–Crippen LogP) is 2.66. The molecule has 1 aromatic carbocycles. The lowest BCUT2D eigenvalue weighted by Crippen LogP contribution is -2.42. The summed E-state index contributed by atoms with van der Waals surface area (Å²) in [5, 5.41) is 3.63. The Labute approximate surface area is 122 Å². The molecule has 20 heavy (non-hydrogen) atoms.